The Balaban J connectivity index is 1.53. The number of nitrogens with one attached hydrogen (secondary N) is 3. The summed E-state index contributed by atoms with van der Waals surface area (Å²) < 4.78 is 11.3. The molecule has 2 aromatic rings. The number of hydrogen-bond acceptors (Lipinski definition) is 5. The third-order valence-electron chi connectivity index (χ3n) is 5.26. The van der Waals surface area contributed by atoms with E-state index in [2.05, 4.69) is 22.9 Å². The lowest BCUT2D eigenvalue weighted by atomic mass is 10.1. The largest absolute Gasteiger partial charge is 0.493 e. The van der Waals surface area contributed by atoms with Crippen molar-refractivity contribution in [3.8, 4) is 5.75 Å². The van der Waals surface area contributed by atoms with Gasteiger partial charge in [0, 0.05) is 24.4 Å². The first-order valence-corrected chi connectivity index (χ1v) is 11.8. The maximum absolute atomic E-state index is 12.7. The van der Waals surface area contributed by atoms with Crippen molar-refractivity contribution in [3.63, 3.8) is 0 Å². The summed E-state index contributed by atoms with van der Waals surface area (Å²) in [6.45, 7) is 3.93. The summed E-state index contributed by atoms with van der Waals surface area (Å²) in [5.41, 5.74) is 1.52. The monoisotopic (exact) mass is 469 g/mol. The van der Waals surface area contributed by atoms with Gasteiger partial charge in [-0.05, 0) is 61.8 Å². The van der Waals surface area contributed by atoms with Gasteiger partial charge in [0.25, 0.3) is 11.8 Å². The number of anilines is 1. The molecule has 0 aromatic heterocycles. The van der Waals surface area contributed by atoms with Crippen molar-refractivity contribution in [1.82, 2.24) is 10.6 Å². The number of para-hydroxylation sites is 1. The quantitative estimate of drug-likeness (QED) is 0.355. The zero-order chi connectivity index (χ0) is 23.5. The van der Waals surface area contributed by atoms with Gasteiger partial charge in [0.1, 0.15) is 5.75 Å². The number of thiocarbonyl (C=S) groups is 1. The van der Waals surface area contributed by atoms with Crippen molar-refractivity contribution >= 4 is 34.8 Å². The van der Waals surface area contributed by atoms with Crippen LogP contribution in [0.25, 0.3) is 0 Å². The van der Waals surface area contributed by atoms with E-state index in [1.54, 1.807) is 42.5 Å². The minimum Gasteiger partial charge on any atom is -0.493 e. The number of unbranched alkanes of at least 4 members (excludes halogenated alkanes) is 2. The Morgan fingerprint density at radius 1 is 1.12 bits per heavy atom. The standard InChI is InChI=1S/C25H31N3O4S/c1-2-3-6-14-32-22-13-5-4-12-21(22)24(30)28-25(33)27-19-10-7-9-18(16-19)23(29)26-17-20-11-8-15-31-20/h4-5,7,9-10,12-13,16,20H,2-3,6,8,11,14-15,17H2,1H3,(H,26,29)(H2,27,28,30,33). The van der Waals surface area contributed by atoms with Crippen molar-refractivity contribution in [2.24, 2.45) is 0 Å². The van der Waals surface area contributed by atoms with Crippen molar-refractivity contribution in [3.05, 3.63) is 59.7 Å². The van der Waals surface area contributed by atoms with E-state index in [0.717, 1.165) is 38.7 Å². The number of amides is 2. The maximum Gasteiger partial charge on any atom is 0.261 e. The molecule has 1 heterocycles. The molecule has 176 valence electrons. The fraction of sp³-hybridized carbons (Fsp3) is 0.400. The van der Waals surface area contributed by atoms with E-state index in [1.165, 1.54) is 0 Å². The van der Waals surface area contributed by atoms with Crippen LogP contribution in [-0.2, 0) is 4.74 Å². The predicted octanol–water partition coefficient (Wildman–Crippen LogP) is 4.29. The van der Waals surface area contributed by atoms with Gasteiger partial charge in [-0.25, -0.2) is 0 Å². The molecule has 1 fully saturated rings. The molecule has 1 saturated heterocycles. The Morgan fingerprint density at radius 3 is 2.76 bits per heavy atom. The summed E-state index contributed by atoms with van der Waals surface area (Å²) in [6.07, 6.45) is 5.18. The summed E-state index contributed by atoms with van der Waals surface area (Å²) in [5, 5.41) is 8.68. The van der Waals surface area contributed by atoms with E-state index in [0.29, 0.717) is 35.7 Å². The Hall–Kier alpha value is -2.97. The van der Waals surface area contributed by atoms with Crippen LogP contribution >= 0.6 is 12.2 Å². The number of carbonyl (C=O) groups is 2. The second-order valence-corrected chi connectivity index (χ2v) is 8.29. The Morgan fingerprint density at radius 2 is 1.97 bits per heavy atom. The minimum atomic E-state index is -0.357. The Bertz CT molecular complexity index is 960. The van der Waals surface area contributed by atoms with Crippen LogP contribution < -0.4 is 20.7 Å². The molecular formula is C25H31N3O4S. The molecule has 1 aliphatic rings. The molecule has 1 atom stereocenters. The summed E-state index contributed by atoms with van der Waals surface area (Å²) in [5.74, 6) is -0.0129. The highest BCUT2D eigenvalue weighted by Gasteiger charge is 2.17. The second kappa shape index (κ2) is 12.9. The molecule has 1 unspecified atom stereocenters. The molecule has 7 nitrogen and oxygen atoms in total. The smallest absolute Gasteiger partial charge is 0.261 e. The zero-order valence-corrected chi connectivity index (χ0v) is 19.7. The molecule has 3 rings (SSSR count). The molecular weight excluding hydrogens is 438 g/mol. The molecule has 0 spiro atoms. The van der Waals surface area contributed by atoms with Gasteiger partial charge in [0.05, 0.1) is 18.3 Å². The summed E-state index contributed by atoms with van der Waals surface area (Å²) in [6, 6.07) is 14.0. The maximum atomic E-state index is 12.7. The Kier molecular flexibility index (Phi) is 9.65. The topological polar surface area (TPSA) is 88.7 Å². The van der Waals surface area contributed by atoms with Crippen LogP contribution in [0, 0.1) is 0 Å². The van der Waals surface area contributed by atoms with E-state index in [4.69, 9.17) is 21.7 Å². The lowest BCUT2D eigenvalue weighted by Crippen LogP contribution is -2.34. The molecule has 0 aliphatic carbocycles. The van der Waals surface area contributed by atoms with E-state index < -0.39 is 0 Å². The molecule has 0 saturated carbocycles. The second-order valence-electron chi connectivity index (χ2n) is 7.89. The normalized spacial score (nSPS) is 15.0. The molecule has 8 heteroatoms. The molecule has 1 aliphatic heterocycles. The van der Waals surface area contributed by atoms with Gasteiger partial charge in [0.2, 0.25) is 0 Å². The number of rotatable bonds is 10. The number of ether oxygens (including phenoxy) is 2. The third kappa shape index (κ3) is 7.83. The van der Waals surface area contributed by atoms with Crippen LogP contribution in [0.2, 0.25) is 0 Å². The average molecular weight is 470 g/mol. The van der Waals surface area contributed by atoms with Gasteiger partial charge in [-0.1, -0.05) is 38.0 Å². The first-order valence-electron chi connectivity index (χ1n) is 11.4. The lowest BCUT2D eigenvalue weighted by Gasteiger charge is -2.14. The van der Waals surface area contributed by atoms with Gasteiger partial charge in [-0.15, -0.1) is 0 Å². The number of carbonyl (C=O) groups excluding carboxylic acids is 2. The highest BCUT2D eigenvalue weighted by Crippen LogP contribution is 2.19. The molecule has 3 N–H and O–H groups in total. The van der Waals surface area contributed by atoms with Gasteiger partial charge in [-0.2, -0.15) is 0 Å². The van der Waals surface area contributed by atoms with Gasteiger partial charge < -0.3 is 20.1 Å². The molecule has 0 radical (unpaired) electrons. The lowest BCUT2D eigenvalue weighted by molar-refractivity contribution is 0.0857. The van der Waals surface area contributed by atoms with Crippen LogP contribution in [0.15, 0.2) is 48.5 Å². The van der Waals surface area contributed by atoms with E-state index in [-0.39, 0.29) is 23.0 Å². The fourth-order valence-corrected chi connectivity index (χ4v) is 3.71. The summed E-state index contributed by atoms with van der Waals surface area (Å²) in [4.78, 5) is 25.2. The number of benzene rings is 2. The van der Waals surface area contributed by atoms with Crippen molar-refractivity contribution in [2.75, 3.05) is 25.1 Å². The zero-order valence-electron chi connectivity index (χ0n) is 18.9. The minimum absolute atomic E-state index is 0.0801. The third-order valence-corrected chi connectivity index (χ3v) is 5.47. The first-order chi connectivity index (χ1) is 16.1. The average Bonchev–Trinajstić information content (AvgIpc) is 3.34. The Labute approximate surface area is 200 Å². The van der Waals surface area contributed by atoms with Crippen LogP contribution in [0.4, 0.5) is 5.69 Å². The van der Waals surface area contributed by atoms with E-state index in [9.17, 15) is 9.59 Å². The van der Waals surface area contributed by atoms with Gasteiger partial charge in [0.15, 0.2) is 5.11 Å². The van der Waals surface area contributed by atoms with Gasteiger partial charge in [-0.3, -0.25) is 14.9 Å². The summed E-state index contributed by atoms with van der Waals surface area (Å²) >= 11 is 5.31. The van der Waals surface area contributed by atoms with Crippen LogP contribution in [-0.4, -0.2) is 42.8 Å². The highest BCUT2D eigenvalue weighted by atomic mass is 32.1. The van der Waals surface area contributed by atoms with Crippen LogP contribution in [0.5, 0.6) is 5.75 Å². The molecule has 33 heavy (non-hydrogen) atoms. The predicted molar refractivity (Wildman–Crippen MR) is 133 cm³/mol. The van der Waals surface area contributed by atoms with E-state index >= 15 is 0 Å². The first kappa shape index (κ1) is 24.7. The fourth-order valence-electron chi connectivity index (χ4n) is 3.50. The van der Waals surface area contributed by atoms with Crippen molar-refractivity contribution < 1.29 is 19.1 Å². The molecule has 2 amide bonds. The van der Waals surface area contributed by atoms with E-state index in [1.807, 2.05) is 6.07 Å². The van der Waals surface area contributed by atoms with Crippen molar-refractivity contribution in [2.45, 2.75) is 45.1 Å². The summed E-state index contributed by atoms with van der Waals surface area (Å²) in [7, 11) is 0. The van der Waals surface area contributed by atoms with Crippen LogP contribution in [0.3, 0.4) is 0 Å². The SMILES string of the molecule is CCCCCOc1ccccc1C(=O)NC(=S)Nc1cccc(C(=O)NCC2CCCO2)c1. The van der Waals surface area contributed by atoms with Gasteiger partial charge >= 0.3 is 0 Å². The molecule has 0 bridgehead atoms. The number of hydrogen-bond donors (Lipinski definition) is 3. The van der Waals surface area contributed by atoms with Crippen molar-refractivity contribution in [1.29, 1.82) is 0 Å². The highest BCUT2D eigenvalue weighted by molar-refractivity contribution is 7.80. The molecule has 2 aromatic carbocycles. The van der Waals surface area contributed by atoms with Crippen LogP contribution in [0.1, 0.15) is 59.7 Å².